The van der Waals surface area contributed by atoms with Crippen molar-refractivity contribution in [1.29, 1.82) is 0 Å². The van der Waals surface area contributed by atoms with Gasteiger partial charge in [0.05, 0.1) is 13.0 Å². The molecule has 1 atom stereocenters. The van der Waals surface area contributed by atoms with Gasteiger partial charge in [-0.05, 0) is 43.9 Å². The topological polar surface area (TPSA) is 82.1 Å². The maximum Gasteiger partial charge on any atom is 0.250 e. The van der Waals surface area contributed by atoms with Gasteiger partial charge in [0.1, 0.15) is 11.4 Å². The second-order valence-electron chi connectivity index (χ2n) is 9.25. The molecule has 7 nitrogen and oxygen atoms in total. The molecule has 4 rings (SSSR count). The molecule has 0 aromatic heterocycles. The maximum atomic E-state index is 13.9. The number of nitrogens with zero attached hydrogens (tertiary/aromatic N) is 3. The smallest absolute Gasteiger partial charge is 0.250 e. The molecule has 1 N–H and O–H groups in total. The number of amides is 3. The Morgan fingerprint density at radius 3 is 2.67 bits per heavy atom. The van der Waals surface area contributed by atoms with E-state index in [-0.39, 0.29) is 36.7 Å². The fourth-order valence-corrected chi connectivity index (χ4v) is 4.86. The molecule has 1 aromatic carbocycles. The number of amidine groups is 1. The Morgan fingerprint density at radius 1 is 1.15 bits per heavy atom. The van der Waals surface area contributed by atoms with Crippen LogP contribution in [0.3, 0.4) is 0 Å². The zero-order valence-electron chi connectivity index (χ0n) is 19.2. The van der Waals surface area contributed by atoms with Crippen molar-refractivity contribution in [3.63, 3.8) is 0 Å². The van der Waals surface area contributed by atoms with Crippen molar-refractivity contribution in [2.75, 3.05) is 13.1 Å². The molecule has 0 spiro atoms. The number of aliphatic imine (C=N–C) groups is 1. The van der Waals surface area contributed by atoms with Gasteiger partial charge in [0, 0.05) is 18.8 Å². The van der Waals surface area contributed by atoms with E-state index < -0.39 is 5.54 Å². The summed E-state index contributed by atoms with van der Waals surface area (Å²) in [5, 5.41) is 3.12. The Morgan fingerprint density at radius 2 is 1.91 bits per heavy atom. The molecule has 2 aliphatic heterocycles. The van der Waals surface area contributed by atoms with Gasteiger partial charge in [-0.15, -0.1) is 0 Å². The molecule has 1 saturated carbocycles. The van der Waals surface area contributed by atoms with Crippen LogP contribution in [-0.2, 0) is 20.8 Å². The van der Waals surface area contributed by atoms with E-state index in [4.69, 9.17) is 0 Å². The maximum absolute atomic E-state index is 13.9. The van der Waals surface area contributed by atoms with E-state index in [1.54, 1.807) is 35.1 Å². The Balaban J connectivity index is 1.53. The van der Waals surface area contributed by atoms with Crippen LogP contribution in [0.5, 0.6) is 0 Å². The van der Waals surface area contributed by atoms with Gasteiger partial charge in [0.15, 0.2) is 0 Å². The molecule has 0 saturated heterocycles. The zero-order chi connectivity index (χ0) is 23.3. The molecule has 0 radical (unpaired) electrons. The predicted octanol–water partition coefficient (Wildman–Crippen LogP) is 2.98. The fraction of sp³-hybridized carbons (Fsp3) is 0.462. The van der Waals surface area contributed by atoms with Crippen molar-refractivity contribution in [2.24, 2.45) is 4.99 Å². The van der Waals surface area contributed by atoms with Crippen LogP contribution >= 0.6 is 0 Å². The number of hydrogen-bond acceptors (Lipinski definition) is 4. The first-order chi connectivity index (χ1) is 16.0. The molecule has 0 unspecified atom stereocenters. The van der Waals surface area contributed by atoms with E-state index in [2.05, 4.69) is 10.3 Å². The molecular weight excluding hydrogens is 416 g/mol. The molecule has 2 heterocycles. The number of rotatable bonds is 7. The lowest BCUT2D eigenvalue weighted by molar-refractivity contribution is -0.146. The highest BCUT2D eigenvalue weighted by Crippen LogP contribution is 2.30. The van der Waals surface area contributed by atoms with Crippen LogP contribution in [0.4, 0.5) is 0 Å². The van der Waals surface area contributed by atoms with Crippen LogP contribution in [0.1, 0.15) is 51.0 Å². The minimum absolute atomic E-state index is 0.0220. The molecule has 33 heavy (non-hydrogen) atoms. The number of hydrogen-bond donors (Lipinski definition) is 1. The number of nitrogens with one attached hydrogen (secondary N) is 1. The van der Waals surface area contributed by atoms with Crippen molar-refractivity contribution in [2.45, 2.75) is 63.5 Å². The van der Waals surface area contributed by atoms with Gasteiger partial charge in [-0.25, -0.2) is 0 Å². The molecule has 1 fully saturated rings. The highest BCUT2D eigenvalue weighted by molar-refractivity contribution is 6.09. The van der Waals surface area contributed by atoms with Gasteiger partial charge in [-0.2, -0.15) is 4.99 Å². The van der Waals surface area contributed by atoms with E-state index in [1.807, 2.05) is 36.4 Å². The standard InChI is InChI=1S/C26H32N4O3/c1-26(18-23(31)28-22-14-8-9-16-30(22)26)25(33)29(17-15-20-10-4-2-5-11-20)19-24(32)27-21-12-6-3-7-13-21/h2,4-5,8-11,14,16,21H,3,6-7,12-13,15,17-19H2,1H3,(H,27,32)/t26-/m1/s1. The number of benzene rings is 1. The SMILES string of the molecule is C[C@]1(C(=O)N(CCc2ccccc2)CC(=O)NC2CCCCC2)CC(=O)N=C2C=CC=CN21. The van der Waals surface area contributed by atoms with E-state index in [9.17, 15) is 14.4 Å². The monoisotopic (exact) mass is 448 g/mol. The number of allylic oxidation sites excluding steroid dienone is 2. The average Bonchev–Trinajstić information content (AvgIpc) is 2.82. The first-order valence-corrected chi connectivity index (χ1v) is 11.8. The van der Waals surface area contributed by atoms with Gasteiger partial charge in [-0.3, -0.25) is 14.4 Å². The summed E-state index contributed by atoms with van der Waals surface area (Å²) in [6.07, 6.45) is 13.2. The second kappa shape index (κ2) is 10.1. The molecule has 0 bridgehead atoms. The van der Waals surface area contributed by atoms with Crippen molar-refractivity contribution in [1.82, 2.24) is 15.1 Å². The Hall–Kier alpha value is -3.22. The first kappa shape index (κ1) is 23.0. The van der Waals surface area contributed by atoms with Crippen molar-refractivity contribution in [3.8, 4) is 0 Å². The molecule has 7 heteroatoms. The first-order valence-electron chi connectivity index (χ1n) is 11.8. The van der Waals surface area contributed by atoms with Gasteiger partial charge < -0.3 is 15.1 Å². The summed E-state index contributed by atoms with van der Waals surface area (Å²) in [5.41, 5.74) is -0.0343. The third kappa shape index (κ3) is 5.41. The lowest BCUT2D eigenvalue weighted by Gasteiger charge is -2.44. The van der Waals surface area contributed by atoms with Crippen LogP contribution in [0.2, 0.25) is 0 Å². The van der Waals surface area contributed by atoms with E-state index in [0.717, 1.165) is 31.2 Å². The van der Waals surface area contributed by atoms with Crippen molar-refractivity contribution >= 4 is 23.6 Å². The zero-order valence-corrected chi connectivity index (χ0v) is 19.2. The number of carbonyl (C=O) groups is 3. The summed E-state index contributed by atoms with van der Waals surface area (Å²) in [5.74, 6) is -0.249. The van der Waals surface area contributed by atoms with Crippen LogP contribution in [-0.4, -0.2) is 58.0 Å². The summed E-state index contributed by atoms with van der Waals surface area (Å²) < 4.78 is 0. The number of carbonyl (C=O) groups excluding carboxylic acids is 3. The summed E-state index contributed by atoms with van der Waals surface area (Å²) in [4.78, 5) is 46.7. The van der Waals surface area contributed by atoms with Gasteiger partial charge in [0.25, 0.3) is 5.91 Å². The van der Waals surface area contributed by atoms with Crippen LogP contribution in [0.15, 0.2) is 59.8 Å². The van der Waals surface area contributed by atoms with Crippen molar-refractivity contribution in [3.05, 3.63) is 60.3 Å². The van der Waals surface area contributed by atoms with Crippen LogP contribution < -0.4 is 5.32 Å². The van der Waals surface area contributed by atoms with Crippen LogP contribution in [0, 0.1) is 0 Å². The average molecular weight is 449 g/mol. The summed E-state index contributed by atoms with van der Waals surface area (Å²) in [6.45, 7) is 2.14. The highest BCUT2D eigenvalue weighted by Gasteiger charge is 2.47. The minimum atomic E-state index is -1.13. The highest BCUT2D eigenvalue weighted by atomic mass is 16.2. The largest absolute Gasteiger partial charge is 0.352 e. The van der Waals surface area contributed by atoms with Crippen LogP contribution in [0.25, 0.3) is 0 Å². The lowest BCUT2D eigenvalue weighted by Crippen LogP contribution is -2.62. The minimum Gasteiger partial charge on any atom is -0.352 e. The summed E-state index contributed by atoms with van der Waals surface area (Å²) in [6, 6.07) is 10.1. The quantitative estimate of drug-likeness (QED) is 0.695. The summed E-state index contributed by atoms with van der Waals surface area (Å²) >= 11 is 0. The Labute approximate surface area is 195 Å². The molecule has 3 aliphatic rings. The Bertz CT molecular complexity index is 979. The third-order valence-electron chi connectivity index (χ3n) is 6.67. The van der Waals surface area contributed by atoms with Gasteiger partial charge in [-0.1, -0.05) is 55.7 Å². The Kier molecular flexibility index (Phi) is 7.06. The molecule has 3 amide bonds. The second-order valence-corrected chi connectivity index (χ2v) is 9.25. The molecule has 1 aromatic rings. The van der Waals surface area contributed by atoms with E-state index >= 15 is 0 Å². The van der Waals surface area contributed by atoms with E-state index in [1.165, 1.54) is 6.42 Å². The van der Waals surface area contributed by atoms with Gasteiger partial charge in [0.2, 0.25) is 11.8 Å². The number of fused-ring (bicyclic) bond motifs is 1. The molecule has 174 valence electrons. The predicted molar refractivity (Wildman–Crippen MR) is 127 cm³/mol. The molecule has 1 aliphatic carbocycles. The van der Waals surface area contributed by atoms with Crippen molar-refractivity contribution < 1.29 is 14.4 Å². The van der Waals surface area contributed by atoms with E-state index in [0.29, 0.717) is 18.8 Å². The summed E-state index contributed by atoms with van der Waals surface area (Å²) in [7, 11) is 0. The van der Waals surface area contributed by atoms with Gasteiger partial charge >= 0.3 is 0 Å². The fourth-order valence-electron chi connectivity index (χ4n) is 4.86. The third-order valence-corrected chi connectivity index (χ3v) is 6.67. The molecular formula is C26H32N4O3. The lowest BCUT2D eigenvalue weighted by atomic mass is 9.90. The normalized spacial score (nSPS) is 22.5.